The van der Waals surface area contributed by atoms with Crippen molar-refractivity contribution < 1.29 is 31.8 Å². The van der Waals surface area contributed by atoms with E-state index in [2.05, 4.69) is 22.8 Å². The molecule has 0 saturated carbocycles. The van der Waals surface area contributed by atoms with Gasteiger partial charge in [0.25, 0.3) is 0 Å². The van der Waals surface area contributed by atoms with Crippen LogP contribution in [0.4, 0.5) is 23.2 Å². The van der Waals surface area contributed by atoms with E-state index in [-0.39, 0.29) is 12.4 Å². The maximum absolute atomic E-state index is 13.4. The summed E-state index contributed by atoms with van der Waals surface area (Å²) in [6.07, 6.45) is -3.44. The number of anilines is 1. The van der Waals surface area contributed by atoms with E-state index in [1.165, 1.54) is 35.6 Å². The zero-order valence-electron chi connectivity index (χ0n) is 27.2. The van der Waals surface area contributed by atoms with Crippen molar-refractivity contribution in [1.29, 1.82) is 0 Å². The lowest BCUT2D eigenvalue weighted by molar-refractivity contribution is -0.150. The number of thiazole rings is 1. The third kappa shape index (κ3) is 9.29. The molecule has 256 valence electrons. The van der Waals surface area contributed by atoms with Crippen molar-refractivity contribution >= 4 is 34.8 Å². The number of alkyl halides is 3. The molecule has 1 aliphatic rings. The number of carbonyl (C=O) groups excluding carboxylic acids is 1. The first-order chi connectivity index (χ1) is 23.0. The van der Waals surface area contributed by atoms with Crippen LogP contribution >= 0.6 is 23.1 Å². The number of hydrogen-bond acceptors (Lipinski definition) is 8. The lowest BCUT2D eigenvalue weighted by atomic mass is 10.1. The Morgan fingerprint density at radius 2 is 1.71 bits per heavy atom. The minimum absolute atomic E-state index is 0.260. The fourth-order valence-electron chi connectivity index (χ4n) is 5.45. The summed E-state index contributed by atoms with van der Waals surface area (Å²) < 4.78 is 64.2. The second-order valence-corrected chi connectivity index (χ2v) is 13.7. The summed E-state index contributed by atoms with van der Waals surface area (Å²) in [4.78, 5) is 23.8. The highest BCUT2D eigenvalue weighted by Crippen LogP contribution is 2.37. The summed E-state index contributed by atoms with van der Waals surface area (Å²) in [7, 11) is 0. The lowest BCUT2D eigenvalue weighted by Gasteiger charge is -2.36. The monoisotopic (exact) mass is 701 g/mol. The van der Waals surface area contributed by atoms with Crippen LogP contribution in [0.15, 0.2) is 71.6 Å². The maximum atomic E-state index is 13.4. The van der Waals surface area contributed by atoms with Gasteiger partial charge in [0.05, 0.1) is 17.9 Å². The first kappa shape index (κ1) is 35.7. The van der Waals surface area contributed by atoms with Gasteiger partial charge in [-0.1, -0.05) is 25.5 Å². The molecule has 2 heterocycles. The van der Waals surface area contributed by atoms with Gasteiger partial charge in [-0.05, 0) is 80.4 Å². The summed E-state index contributed by atoms with van der Waals surface area (Å²) >= 11 is 3.17. The van der Waals surface area contributed by atoms with Gasteiger partial charge in [0, 0.05) is 59.5 Å². The average molecular weight is 702 g/mol. The predicted octanol–water partition coefficient (Wildman–Crippen LogP) is 8.87. The summed E-state index contributed by atoms with van der Waals surface area (Å²) in [5, 5.41) is 0.683. The van der Waals surface area contributed by atoms with E-state index in [9.17, 15) is 22.4 Å². The molecular weight excluding hydrogens is 663 g/mol. The standard InChI is InChI=1S/C36H39F4N3O3S2/c1-4-6-26-21-30(15-16-32(26)46-24(3)35(44)45-5-2)47-23-33-31(41-34(48-33)25-7-9-27(10-8-25)36(38,39)40)22-42-17-19-43(20-18-42)29-13-11-28(37)12-14-29/h7-16,21,24H,4-6,17-20,22-23H2,1-3H3. The molecule has 1 saturated heterocycles. The molecule has 6 nitrogen and oxygen atoms in total. The highest BCUT2D eigenvalue weighted by atomic mass is 32.2. The van der Waals surface area contributed by atoms with Crippen LogP contribution in [0.2, 0.25) is 0 Å². The Morgan fingerprint density at radius 3 is 2.35 bits per heavy atom. The zero-order chi connectivity index (χ0) is 34.3. The van der Waals surface area contributed by atoms with Crippen LogP contribution in [0, 0.1) is 5.82 Å². The number of esters is 1. The van der Waals surface area contributed by atoms with Crippen molar-refractivity contribution in [2.75, 3.05) is 37.7 Å². The molecule has 12 heteroatoms. The molecule has 1 aliphatic heterocycles. The van der Waals surface area contributed by atoms with E-state index in [1.54, 1.807) is 37.7 Å². The molecule has 48 heavy (non-hydrogen) atoms. The predicted molar refractivity (Wildman–Crippen MR) is 183 cm³/mol. The van der Waals surface area contributed by atoms with Crippen LogP contribution in [0.1, 0.15) is 48.9 Å². The quantitative estimate of drug-likeness (QED) is 0.0785. The maximum Gasteiger partial charge on any atom is 0.416 e. The SMILES string of the molecule is CCCc1cc(SCc2sc(-c3ccc(C(F)(F)F)cc3)nc2CN2CCN(c3ccc(F)cc3)CC2)ccc1OC(C)C(=O)OCC. The van der Waals surface area contributed by atoms with E-state index in [0.29, 0.717) is 28.6 Å². The second kappa shape index (κ2) is 16.2. The molecule has 1 aromatic heterocycles. The summed E-state index contributed by atoms with van der Waals surface area (Å²) in [6, 6.07) is 17.7. The number of rotatable bonds is 13. The van der Waals surface area contributed by atoms with Gasteiger partial charge in [0.2, 0.25) is 0 Å². The van der Waals surface area contributed by atoms with Crippen LogP contribution < -0.4 is 9.64 Å². The Balaban J connectivity index is 1.33. The molecule has 5 rings (SSSR count). The van der Waals surface area contributed by atoms with Crippen LogP contribution in [0.3, 0.4) is 0 Å². The smallest absolute Gasteiger partial charge is 0.416 e. The van der Waals surface area contributed by atoms with Crippen molar-refractivity contribution in [3.63, 3.8) is 0 Å². The number of nitrogens with zero attached hydrogens (tertiary/aromatic N) is 3. The molecule has 3 aromatic carbocycles. The minimum atomic E-state index is -4.40. The summed E-state index contributed by atoms with van der Waals surface area (Å²) in [5.41, 5.74) is 2.86. The summed E-state index contributed by atoms with van der Waals surface area (Å²) in [6.45, 7) is 9.59. The Bertz CT molecular complexity index is 1650. The number of ether oxygens (including phenoxy) is 2. The molecule has 0 radical (unpaired) electrons. The van der Waals surface area contributed by atoms with Crippen molar-refractivity contribution in [1.82, 2.24) is 9.88 Å². The van der Waals surface area contributed by atoms with Gasteiger partial charge in [-0.15, -0.1) is 23.1 Å². The van der Waals surface area contributed by atoms with Gasteiger partial charge < -0.3 is 14.4 Å². The third-order valence-electron chi connectivity index (χ3n) is 8.02. The van der Waals surface area contributed by atoms with Gasteiger partial charge in [-0.2, -0.15) is 13.2 Å². The number of aromatic nitrogens is 1. The molecule has 0 aliphatic carbocycles. The third-order valence-corrected chi connectivity index (χ3v) is 10.4. The number of halogens is 4. The molecule has 0 bridgehead atoms. The highest BCUT2D eigenvalue weighted by Gasteiger charge is 2.30. The van der Waals surface area contributed by atoms with E-state index in [4.69, 9.17) is 14.5 Å². The molecule has 0 N–H and O–H groups in total. The first-order valence-electron chi connectivity index (χ1n) is 16.0. The van der Waals surface area contributed by atoms with Crippen molar-refractivity contribution in [2.45, 2.75) is 63.1 Å². The first-order valence-corrected chi connectivity index (χ1v) is 17.8. The zero-order valence-corrected chi connectivity index (χ0v) is 28.8. The van der Waals surface area contributed by atoms with Crippen molar-refractivity contribution in [3.05, 3.63) is 94.2 Å². The van der Waals surface area contributed by atoms with Gasteiger partial charge in [0.1, 0.15) is 16.6 Å². The van der Waals surface area contributed by atoms with Gasteiger partial charge in [0.15, 0.2) is 6.10 Å². The Kier molecular flexibility index (Phi) is 12.0. The number of benzene rings is 3. The van der Waals surface area contributed by atoms with Crippen molar-refractivity contribution in [2.24, 2.45) is 0 Å². The van der Waals surface area contributed by atoms with E-state index in [1.807, 2.05) is 12.1 Å². The minimum Gasteiger partial charge on any atom is -0.479 e. The number of carbonyl (C=O) groups is 1. The molecule has 1 fully saturated rings. The van der Waals surface area contributed by atoms with Crippen LogP contribution in [-0.2, 0) is 34.4 Å². The van der Waals surface area contributed by atoms with Gasteiger partial charge >= 0.3 is 12.1 Å². The highest BCUT2D eigenvalue weighted by molar-refractivity contribution is 7.98. The van der Waals surface area contributed by atoms with Crippen molar-refractivity contribution in [3.8, 4) is 16.3 Å². The largest absolute Gasteiger partial charge is 0.479 e. The average Bonchev–Trinajstić information content (AvgIpc) is 3.47. The lowest BCUT2D eigenvalue weighted by Crippen LogP contribution is -2.46. The number of aryl methyl sites for hydroxylation is 1. The molecule has 1 atom stereocenters. The van der Waals surface area contributed by atoms with Crippen LogP contribution in [0.5, 0.6) is 5.75 Å². The fraction of sp³-hybridized carbons (Fsp3) is 0.389. The molecule has 0 amide bonds. The number of thioether (sulfide) groups is 1. The topological polar surface area (TPSA) is 54.9 Å². The Labute approximate surface area is 287 Å². The normalized spacial score (nSPS) is 14.6. The Hall–Kier alpha value is -3.61. The van der Waals surface area contributed by atoms with E-state index >= 15 is 0 Å². The van der Waals surface area contributed by atoms with E-state index in [0.717, 1.165) is 77.9 Å². The molecule has 1 unspecified atom stereocenters. The van der Waals surface area contributed by atoms with Crippen LogP contribution in [0.25, 0.3) is 10.6 Å². The molecule has 0 spiro atoms. The number of hydrogen-bond donors (Lipinski definition) is 0. The van der Waals surface area contributed by atoms with Crippen LogP contribution in [-0.4, -0.2) is 54.7 Å². The van der Waals surface area contributed by atoms with Gasteiger partial charge in [-0.25, -0.2) is 14.2 Å². The van der Waals surface area contributed by atoms with E-state index < -0.39 is 23.8 Å². The molecular formula is C36H39F4N3O3S2. The fourth-order valence-corrected chi connectivity index (χ4v) is 7.58. The second-order valence-electron chi connectivity index (χ2n) is 11.5. The summed E-state index contributed by atoms with van der Waals surface area (Å²) in [5.74, 6) is 0.625. The molecule has 4 aromatic rings. The van der Waals surface area contributed by atoms with Gasteiger partial charge in [-0.3, -0.25) is 4.90 Å². The Morgan fingerprint density at radius 1 is 1.00 bits per heavy atom. The number of piperazine rings is 1.